The first-order chi connectivity index (χ1) is 10.2. The highest BCUT2D eigenvalue weighted by Crippen LogP contribution is 2.12. The maximum Gasteiger partial charge on any atom is 0.236 e. The lowest BCUT2D eigenvalue weighted by Gasteiger charge is -2.28. The van der Waals surface area contributed by atoms with Gasteiger partial charge in [-0.2, -0.15) is 0 Å². The SMILES string of the molecule is CN(Cc1ccccc1)C(=O)CN(C)C1CCCNCC1.Cl. The minimum atomic E-state index is 0. The Balaban J connectivity index is 0.00000242. The highest BCUT2D eigenvalue weighted by Gasteiger charge is 2.20. The molecule has 1 unspecified atom stereocenters. The van der Waals surface area contributed by atoms with Gasteiger partial charge in [-0.25, -0.2) is 0 Å². The van der Waals surface area contributed by atoms with Gasteiger partial charge in [0, 0.05) is 19.6 Å². The number of hydrogen-bond acceptors (Lipinski definition) is 3. The summed E-state index contributed by atoms with van der Waals surface area (Å²) in [6.07, 6.45) is 3.51. The van der Waals surface area contributed by atoms with Crippen LogP contribution in [0.3, 0.4) is 0 Å². The van der Waals surface area contributed by atoms with Gasteiger partial charge in [-0.15, -0.1) is 12.4 Å². The Bertz CT molecular complexity index is 433. The lowest BCUT2D eigenvalue weighted by molar-refractivity contribution is -0.131. The van der Waals surface area contributed by atoms with Gasteiger partial charge >= 0.3 is 0 Å². The molecule has 4 nitrogen and oxygen atoms in total. The summed E-state index contributed by atoms with van der Waals surface area (Å²) < 4.78 is 0. The Kier molecular flexibility index (Phi) is 8.46. The van der Waals surface area contributed by atoms with Crippen molar-refractivity contribution < 1.29 is 4.79 Å². The number of carbonyl (C=O) groups is 1. The summed E-state index contributed by atoms with van der Waals surface area (Å²) in [6, 6.07) is 10.7. The average Bonchev–Trinajstić information content (AvgIpc) is 2.77. The Hall–Kier alpha value is -1.10. The number of benzene rings is 1. The first kappa shape index (κ1) is 18.9. The quantitative estimate of drug-likeness (QED) is 0.901. The van der Waals surface area contributed by atoms with E-state index in [1.165, 1.54) is 18.4 Å². The third-order valence-corrected chi connectivity index (χ3v) is 4.24. The molecule has 0 bridgehead atoms. The van der Waals surface area contributed by atoms with E-state index >= 15 is 0 Å². The maximum atomic E-state index is 12.4. The van der Waals surface area contributed by atoms with Crippen molar-refractivity contribution in [2.75, 3.05) is 33.7 Å². The minimum absolute atomic E-state index is 0. The van der Waals surface area contributed by atoms with Gasteiger partial charge < -0.3 is 10.2 Å². The number of hydrogen-bond donors (Lipinski definition) is 1. The Labute approximate surface area is 140 Å². The fraction of sp³-hybridized carbons (Fsp3) is 0.588. The zero-order valence-corrected chi connectivity index (χ0v) is 14.4. The second-order valence-corrected chi connectivity index (χ2v) is 5.99. The fourth-order valence-corrected chi connectivity index (χ4v) is 2.85. The second-order valence-electron chi connectivity index (χ2n) is 5.99. The molecule has 0 radical (unpaired) electrons. The van der Waals surface area contributed by atoms with Gasteiger partial charge in [-0.3, -0.25) is 9.69 Å². The number of likely N-dealkylation sites (N-methyl/N-ethyl adjacent to an activating group) is 2. The molecule has 1 heterocycles. The van der Waals surface area contributed by atoms with Crippen LogP contribution >= 0.6 is 12.4 Å². The molecule has 0 aromatic heterocycles. The first-order valence-electron chi connectivity index (χ1n) is 7.85. The molecule has 0 spiro atoms. The molecule has 1 atom stereocenters. The highest BCUT2D eigenvalue weighted by atomic mass is 35.5. The summed E-state index contributed by atoms with van der Waals surface area (Å²) in [5, 5.41) is 3.42. The lowest BCUT2D eigenvalue weighted by Crippen LogP contribution is -2.41. The number of carbonyl (C=O) groups excluding carboxylic acids is 1. The fourth-order valence-electron chi connectivity index (χ4n) is 2.85. The molecule has 22 heavy (non-hydrogen) atoms. The smallest absolute Gasteiger partial charge is 0.236 e. The highest BCUT2D eigenvalue weighted by molar-refractivity contribution is 5.85. The number of rotatable bonds is 5. The molecule has 124 valence electrons. The Morgan fingerprint density at radius 3 is 2.64 bits per heavy atom. The zero-order chi connectivity index (χ0) is 15.1. The van der Waals surface area contributed by atoms with Crippen molar-refractivity contribution >= 4 is 18.3 Å². The van der Waals surface area contributed by atoms with Crippen LogP contribution in [0.5, 0.6) is 0 Å². The second kappa shape index (κ2) is 9.82. The number of halogens is 1. The number of amides is 1. The van der Waals surface area contributed by atoms with E-state index < -0.39 is 0 Å². The average molecular weight is 326 g/mol. The van der Waals surface area contributed by atoms with E-state index in [0.29, 0.717) is 19.1 Å². The van der Waals surface area contributed by atoms with Gasteiger partial charge in [-0.05, 0) is 45.0 Å². The van der Waals surface area contributed by atoms with E-state index in [9.17, 15) is 4.79 Å². The normalized spacial score (nSPS) is 18.4. The van der Waals surface area contributed by atoms with Gasteiger partial charge in [-0.1, -0.05) is 30.3 Å². The molecule has 1 amide bonds. The van der Waals surface area contributed by atoms with Crippen LogP contribution < -0.4 is 5.32 Å². The molecule has 1 saturated heterocycles. The summed E-state index contributed by atoms with van der Waals surface area (Å²) in [6.45, 7) is 3.35. The molecule has 1 aliphatic rings. The molecule has 1 N–H and O–H groups in total. The van der Waals surface area contributed by atoms with Crippen LogP contribution in [0, 0.1) is 0 Å². The van der Waals surface area contributed by atoms with Crippen molar-refractivity contribution in [3.05, 3.63) is 35.9 Å². The summed E-state index contributed by atoms with van der Waals surface area (Å²) in [4.78, 5) is 16.4. The lowest BCUT2D eigenvalue weighted by atomic mass is 10.1. The van der Waals surface area contributed by atoms with Gasteiger partial charge in [0.15, 0.2) is 0 Å². The third kappa shape index (κ3) is 5.95. The van der Waals surface area contributed by atoms with E-state index in [2.05, 4.69) is 29.4 Å². The van der Waals surface area contributed by atoms with Crippen molar-refractivity contribution in [2.45, 2.75) is 31.8 Å². The summed E-state index contributed by atoms with van der Waals surface area (Å²) in [5.41, 5.74) is 1.18. The number of nitrogens with one attached hydrogen (secondary N) is 1. The van der Waals surface area contributed by atoms with Gasteiger partial charge in [0.2, 0.25) is 5.91 Å². The summed E-state index contributed by atoms with van der Waals surface area (Å²) >= 11 is 0. The van der Waals surface area contributed by atoms with Gasteiger partial charge in [0.25, 0.3) is 0 Å². The molecular formula is C17H28ClN3O. The van der Waals surface area contributed by atoms with E-state index in [0.717, 1.165) is 19.5 Å². The van der Waals surface area contributed by atoms with Crippen molar-refractivity contribution in [2.24, 2.45) is 0 Å². The van der Waals surface area contributed by atoms with Crippen LogP contribution in [0.2, 0.25) is 0 Å². The summed E-state index contributed by atoms with van der Waals surface area (Å²) in [7, 11) is 3.96. The number of nitrogens with zero attached hydrogens (tertiary/aromatic N) is 2. The molecule has 5 heteroatoms. The van der Waals surface area contributed by atoms with Crippen LogP contribution in [-0.4, -0.2) is 55.5 Å². The predicted molar refractivity (Wildman–Crippen MR) is 93.3 cm³/mol. The molecule has 0 aliphatic carbocycles. The maximum absolute atomic E-state index is 12.4. The zero-order valence-electron chi connectivity index (χ0n) is 13.6. The van der Waals surface area contributed by atoms with Crippen LogP contribution in [0.15, 0.2) is 30.3 Å². The van der Waals surface area contributed by atoms with Crippen molar-refractivity contribution in [3.8, 4) is 0 Å². The van der Waals surface area contributed by atoms with E-state index in [-0.39, 0.29) is 18.3 Å². The van der Waals surface area contributed by atoms with Gasteiger partial charge in [0.1, 0.15) is 0 Å². The molecule has 1 fully saturated rings. The van der Waals surface area contributed by atoms with Crippen molar-refractivity contribution in [1.29, 1.82) is 0 Å². The molecule has 1 aromatic rings. The summed E-state index contributed by atoms with van der Waals surface area (Å²) in [5.74, 6) is 0.193. The monoisotopic (exact) mass is 325 g/mol. The Morgan fingerprint density at radius 2 is 1.91 bits per heavy atom. The molecule has 1 aromatic carbocycles. The van der Waals surface area contributed by atoms with Crippen LogP contribution in [-0.2, 0) is 11.3 Å². The first-order valence-corrected chi connectivity index (χ1v) is 7.85. The van der Waals surface area contributed by atoms with E-state index in [1.807, 2.05) is 30.1 Å². The van der Waals surface area contributed by atoms with Crippen molar-refractivity contribution in [3.63, 3.8) is 0 Å². The van der Waals surface area contributed by atoms with E-state index in [4.69, 9.17) is 0 Å². The predicted octanol–water partition coefficient (Wildman–Crippen LogP) is 2.14. The van der Waals surface area contributed by atoms with Crippen molar-refractivity contribution in [1.82, 2.24) is 15.1 Å². The third-order valence-electron chi connectivity index (χ3n) is 4.24. The topological polar surface area (TPSA) is 35.6 Å². The largest absolute Gasteiger partial charge is 0.340 e. The van der Waals surface area contributed by atoms with Gasteiger partial charge in [0.05, 0.1) is 6.54 Å². The molecule has 0 saturated carbocycles. The Morgan fingerprint density at radius 1 is 1.18 bits per heavy atom. The van der Waals surface area contributed by atoms with E-state index in [1.54, 1.807) is 0 Å². The van der Waals surface area contributed by atoms with Crippen LogP contribution in [0.4, 0.5) is 0 Å². The molecular weight excluding hydrogens is 298 g/mol. The van der Waals surface area contributed by atoms with Crippen LogP contribution in [0.25, 0.3) is 0 Å². The standard InChI is InChI=1S/C17H27N3O.ClH/c1-19(16-9-6-11-18-12-10-16)14-17(21)20(2)13-15-7-4-3-5-8-15;/h3-5,7-8,16,18H,6,9-14H2,1-2H3;1H. The minimum Gasteiger partial charge on any atom is -0.340 e. The molecule has 1 aliphatic heterocycles. The molecule has 2 rings (SSSR count). The van der Waals surface area contributed by atoms with Crippen LogP contribution in [0.1, 0.15) is 24.8 Å².